The summed E-state index contributed by atoms with van der Waals surface area (Å²) in [7, 11) is 0.151. The number of thiophene rings is 1. The average Bonchev–Trinajstić information content (AvgIpc) is 3.42. The van der Waals surface area contributed by atoms with Crippen LogP contribution in [0.4, 0.5) is 5.13 Å². The quantitative estimate of drug-likeness (QED) is 0.348. The molecule has 1 fully saturated rings. The Labute approximate surface area is 221 Å². The number of nitrogens with zero attached hydrogens (tertiary/aromatic N) is 4. The van der Waals surface area contributed by atoms with Gasteiger partial charge in [-0.05, 0) is 70.2 Å². The molecule has 1 aliphatic rings. The summed E-state index contributed by atoms with van der Waals surface area (Å²) in [5.41, 5.74) is 0.815. The van der Waals surface area contributed by atoms with Gasteiger partial charge < -0.3 is 4.90 Å². The van der Waals surface area contributed by atoms with E-state index < -0.39 is 16.1 Å². The van der Waals surface area contributed by atoms with Gasteiger partial charge in [-0.25, -0.2) is 13.4 Å². The molecule has 7 nitrogen and oxygen atoms in total. The van der Waals surface area contributed by atoms with Gasteiger partial charge in [-0.15, -0.1) is 11.3 Å². The van der Waals surface area contributed by atoms with Gasteiger partial charge in [-0.2, -0.15) is 4.31 Å². The Kier molecular flexibility index (Phi) is 8.33. The van der Waals surface area contributed by atoms with Crippen LogP contribution in [0.25, 0.3) is 10.2 Å². The number of carbonyl (C=O) groups excluding carboxylic acids is 1. The summed E-state index contributed by atoms with van der Waals surface area (Å²) in [5.74, 6) is -0.220. The molecule has 1 atom stereocenters. The summed E-state index contributed by atoms with van der Waals surface area (Å²) in [6.45, 7) is 1.58. The predicted molar refractivity (Wildman–Crippen MR) is 144 cm³/mol. The van der Waals surface area contributed by atoms with Crippen LogP contribution >= 0.6 is 50.2 Å². The van der Waals surface area contributed by atoms with Gasteiger partial charge in [0, 0.05) is 17.6 Å². The van der Waals surface area contributed by atoms with Crippen molar-refractivity contribution in [1.82, 2.24) is 14.2 Å². The molecule has 0 N–H and O–H groups in total. The first kappa shape index (κ1) is 26.0. The molecule has 0 saturated carbocycles. The molecule has 1 amide bonds. The highest BCUT2D eigenvalue weighted by molar-refractivity contribution is 9.10. The standard InChI is InChI=1S/C22H26BrClN4O3S3/c1-26(2)11-5-12-27(22-25-16-8-7-15(23)14-18(16)32-22)21(29)17-6-3-4-13-28(17)34(30,31)20-10-9-19(24)33-20/h7-10,14,17H,3-6,11-13H2,1-2H3. The Bertz CT molecular complexity index is 1280. The van der Waals surface area contributed by atoms with Crippen LogP contribution < -0.4 is 4.90 Å². The van der Waals surface area contributed by atoms with Crippen LogP contribution in [0.1, 0.15) is 25.7 Å². The third-order valence-electron chi connectivity index (χ3n) is 5.67. The van der Waals surface area contributed by atoms with Crippen molar-refractivity contribution >= 4 is 81.5 Å². The van der Waals surface area contributed by atoms with Gasteiger partial charge in [-0.3, -0.25) is 9.69 Å². The molecule has 1 aromatic carbocycles. The molecular weight excluding hydrogens is 580 g/mol. The maximum atomic E-state index is 14.0. The summed E-state index contributed by atoms with van der Waals surface area (Å²) in [6.07, 6.45) is 2.75. The zero-order valence-corrected chi connectivity index (χ0v) is 23.7. The Balaban J connectivity index is 1.68. The summed E-state index contributed by atoms with van der Waals surface area (Å²) < 4.78 is 30.7. The van der Waals surface area contributed by atoms with Gasteiger partial charge in [0.2, 0.25) is 5.91 Å². The van der Waals surface area contributed by atoms with Crippen LogP contribution in [-0.4, -0.2) is 68.3 Å². The Morgan fingerprint density at radius 1 is 1.21 bits per heavy atom. The van der Waals surface area contributed by atoms with E-state index in [0.29, 0.717) is 29.0 Å². The number of halogens is 2. The number of fused-ring (bicyclic) bond motifs is 1. The number of carbonyl (C=O) groups is 1. The zero-order valence-electron chi connectivity index (χ0n) is 18.9. The SMILES string of the molecule is CN(C)CCCN(C(=O)C1CCCCN1S(=O)(=O)c1ccc(Cl)s1)c1nc2ccc(Br)cc2s1. The highest BCUT2D eigenvalue weighted by atomic mass is 79.9. The van der Waals surface area contributed by atoms with Crippen molar-refractivity contribution < 1.29 is 13.2 Å². The second-order valence-corrected chi connectivity index (χ2v) is 14.2. The fourth-order valence-corrected chi connectivity index (χ4v) is 8.83. The number of sulfonamides is 1. The third-order valence-corrected chi connectivity index (χ3v) is 10.8. The molecule has 12 heteroatoms. The molecule has 1 aliphatic heterocycles. The zero-order chi connectivity index (χ0) is 24.5. The molecular formula is C22H26BrClN4O3S3. The van der Waals surface area contributed by atoms with Crippen molar-refractivity contribution in [3.05, 3.63) is 39.1 Å². The van der Waals surface area contributed by atoms with Gasteiger partial charge in [0.25, 0.3) is 10.0 Å². The predicted octanol–water partition coefficient (Wildman–Crippen LogP) is 5.30. The number of benzene rings is 1. The van der Waals surface area contributed by atoms with Gasteiger partial charge in [0.15, 0.2) is 5.13 Å². The monoisotopic (exact) mass is 604 g/mol. The van der Waals surface area contributed by atoms with E-state index >= 15 is 0 Å². The topological polar surface area (TPSA) is 73.8 Å². The molecule has 0 bridgehead atoms. The first-order valence-corrected chi connectivity index (χ1v) is 15.2. The van der Waals surface area contributed by atoms with Crippen molar-refractivity contribution in [1.29, 1.82) is 0 Å². The van der Waals surface area contributed by atoms with Crippen LogP contribution in [0.2, 0.25) is 4.34 Å². The van der Waals surface area contributed by atoms with Gasteiger partial charge in [0.05, 0.1) is 14.6 Å². The Hall–Kier alpha value is -1.08. The first-order valence-electron chi connectivity index (χ1n) is 11.0. The van der Waals surface area contributed by atoms with E-state index in [1.807, 2.05) is 32.3 Å². The number of thiazole rings is 1. The van der Waals surface area contributed by atoms with E-state index in [1.54, 1.807) is 11.0 Å². The van der Waals surface area contributed by atoms with E-state index in [9.17, 15) is 13.2 Å². The molecule has 4 rings (SSSR count). The van der Waals surface area contributed by atoms with E-state index in [4.69, 9.17) is 16.6 Å². The van der Waals surface area contributed by atoms with Gasteiger partial charge >= 0.3 is 0 Å². The number of amides is 1. The van der Waals surface area contributed by atoms with E-state index in [1.165, 1.54) is 21.7 Å². The first-order chi connectivity index (χ1) is 16.2. The lowest BCUT2D eigenvalue weighted by Gasteiger charge is -2.36. The molecule has 3 heterocycles. The number of anilines is 1. The van der Waals surface area contributed by atoms with Crippen molar-refractivity contribution in [3.8, 4) is 0 Å². The normalized spacial score (nSPS) is 17.5. The lowest BCUT2D eigenvalue weighted by Crippen LogP contribution is -2.53. The minimum Gasteiger partial charge on any atom is -0.309 e. The average molecular weight is 606 g/mol. The smallest absolute Gasteiger partial charge is 0.253 e. The molecule has 0 spiro atoms. The summed E-state index contributed by atoms with van der Waals surface area (Å²) in [6, 6.07) is 8.14. The molecule has 2 aromatic heterocycles. The number of aromatic nitrogens is 1. The number of hydrogen-bond donors (Lipinski definition) is 0. The Morgan fingerprint density at radius 2 is 2.00 bits per heavy atom. The van der Waals surface area contributed by atoms with Crippen LogP contribution in [0.5, 0.6) is 0 Å². The second-order valence-electron chi connectivity index (χ2n) is 8.44. The maximum absolute atomic E-state index is 14.0. The molecule has 0 aliphatic carbocycles. The van der Waals surface area contributed by atoms with Crippen molar-refractivity contribution in [3.63, 3.8) is 0 Å². The largest absolute Gasteiger partial charge is 0.309 e. The molecule has 3 aromatic rings. The molecule has 34 heavy (non-hydrogen) atoms. The summed E-state index contributed by atoms with van der Waals surface area (Å²) in [4.78, 5) is 22.4. The van der Waals surface area contributed by atoms with Crippen LogP contribution in [0.3, 0.4) is 0 Å². The van der Waals surface area contributed by atoms with Crippen molar-refractivity contribution in [2.75, 3.05) is 38.6 Å². The van der Waals surface area contributed by atoms with Gasteiger partial charge in [-0.1, -0.05) is 45.3 Å². The summed E-state index contributed by atoms with van der Waals surface area (Å²) in [5, 5.41) is 0.596. The molecule has 1 saturated heterocycles. The van der Waals surface area contributed by atoms with Crippen LogP contribution in [-0.2, 0) is 14.8 Å². The number of rotatable bonds is 8. The van der Waals surface area contributed by atoms with E-state index in [2.05, 4.69) is 20.8 Å². The maximum Gasteiger partial charge on any atom is 0.253 e. The minimum absolute atomic E-state index is 0.168. The number of hydrogen-bond acceptors (Lipinski definition) is 7. The second kappa shape index (κ2) is 10.9. The number of piperidine rings is 1. The third kappa shape index (κ3) is 5.66. The Morgan fingerprint density at radius 3 is 2.71 bits per heavy atom. The lowest BCUT2D eigenvalue weighted by molar-refractivity contribution is -0.123. The lowest BCUT2D eigenvalue weighted by atomic mass is 10.0. The molecule has 1 unspecified atom stereocenters. The molecule has 184 valence electrons. The molecule has 0 radical (unpaired) electrons. The van der Waals surface area contributed by atoms with Crippen molar-refractivity contribution in [2.24, 2.45) is 0 Å². The van der Waals surface area contributed by atoms with Gasteiger partial charge in [0.1, 0.15) is 10.3 Å². The fraction of sp³-hybridized carbons (Fsp3) is 0.455. The summed E-state index contributed by atoms with van der Waals surface area (Å²) >= 11 is 12.0. The fourth-order valence-electron chi connectivity index (χ4n) is 4.02. The van der Waals surface area contributed by atoms with Crippen LogP contribution in [0, 0.1) is 0 Å². The van der Waals surface area contributed by atoms with Crippen molar-refractivity contribution in [2.45, 2.75) is 35.9 Å². The van der Waals surface area contributed by atoms with Crippen LogP contribution in [0.15, 0.2) is 39.0 Å². The van der Waals surface area contributed by atoms with E-state index in [-0.39, 0.29) is 10.1 Å². The highest BCUT2D eigenvalue weighted by Crippen LogP contribution is 2.35. The highest BCUT2D eigenvalue weighted by Gasteiger charge is 2.41. The minimum atomic E-state index is -3.83. The van der Waals surface area contributed by atoms with E-state index in [0.717, 1.165) is 51.8 Å².